The lowest BCUT2D eigenvalue weighted by molar-refractivity contribution is 0.321. The van der Waals surface area contributed by atoms with Gasteiger partial charge in [0.15, 0.2) is 0 Å². The number of hydrogen-bond donors (Lipinski definition) is 2. The molecule has 0 aliphatic carbocycles. The number of anilines is 1. The maximum atomic E-state index is 6.36. The van der Waals surface area contributed by atoms with E-state index < -0.39 is 0 Å². The van der Waals surface area contributed by atoms with Gasteiger partial charge >= 0.3 is 0 Å². The second-order valence-electron chi connectivity index (χ2n) is 5.49. The Morgan fingerprint density at radius 3 is 2.62 bits per heavy atom. The maximum Gasteiger partial charge on any atom is 0.246 e. The molecule has 2 aromatic heterocycles. The minimum Gasteiger partial charge on any atom is -0.397 e. The van der Waals surface area contributed by atoms with Crippen molar-refractivity contribution in [1.82, 2.24) is 4.98 Å². The van der Waals surface area contributed by atoms with Crippen LogP contribution in [-0.2, 0) is 11.4 Å². The van der Waals surface area contributed by atoms with Gasteiger partial charge in [-0.15, -0.1) is 23.1 Å². The Morgan fingerprint density at radius 2 is 2.04 bits per heavy atom. The summed E-state index contributed by atoms with van der Waals surface area (Å²) in [6, 6.07) is 0. The molecule has 0 fully saturated rings. The van der Waals surface area contributed by atoms with E-state index in [0.29, 0.717) is 12.4 Å². The van der Waals surface area contributed by atoms with Crippen LogP contribution >= 0.6 is 23.1 Å². The van der Waals surface area contributed by atoms with Crippen molar-refractivity contribution in [3.05, 3.63) is 32.7 Å². The van der Waals surface area contributed by atoms with Crippen molar-refractivity contribution < 1.29 is 4.84 Å². The zero-order valence-corrected chi connectivity index (χ0v) is 16.4. The first-order valence-corrected chi connectivity index (χ1v) is 9.78. The molecule has 2 aromatic rings. The number of nitrogens with two attached hydrogens (primary N) is 2. The minimum absolute atomic E-state index is 0.429. The van der Waals surface area contributed by atoms with Crippen LogP contribution in [0.5, 0.6) is 0 Å². The number of hydrogen-bond acceptors (Lipinski definition) is 7. The monoisotopic (exact) mass is 364 g/mol. The first kappa shape index (κ1) is 18.8. The van der Waals surface area contributed by atoms with E-state index in [4.69, 9.17) is 16.5 Å². The van der Waals surface area contributed by atoms with Crippen LogP contribution in [0.15, 0.2) is 16.0 Å². The summed E-state index contributed by atoms with van der Waals surface area (Å²) in [6.07, 6.45) is 4.91. The van der Waals surface area contributed by atoms with Crippen molar-refractivity contribution >= 4 is 44.9 Å². The van der Waals surface area contributed by atoms with Gasteiger partial charge in [-0.05, 0) is 44.6 Å². The Hall–Kier alpha value is -1.57. The zero-order valence-electron chi connectivity index (χ0n) is 14.8. The zero-order chi connectivity index (χ0) is 17.9. The van der Waals surface area contributed by atoms with Crippen LogP contribution in [0.2, 0.25) is 0 Å². The van der Waals surface area contributed by atoms with Gasteiger partial charge in [-0.25, -0.2) is 9.98 Å². The first-order valence-electron chi connectivity index (χ1n) is 7.74. The number of rotatable bonds is 5. The number of pyridine rings is 1. The quantitative estimate of drug-likeness (QED) is 0.470. The maximum absolute atomic E-state index is 6.36. The molecule has 4 N–H and O–H groups in total. The summed E-state index contributed by atoms with van der Waals surface area (Å²) < 4.78 is 0. The number of allylic oxidation sites excluding steroid dienone is 1. The summed E-state index contributed by atoms with van der Waals surface area (Å²) in [5.74, 6) is 5.84. The summed E-state index contributed by atoms with van der Waals surface area (Å²) in [4.78, 5) is 17.0. The van der Waals surface area contributed by atoms with Gasteiger partial charge in [-0.1, -0.05) is 13.0 Å². The molecule has 0 spiro atoms. The molecule has 0 saturated carbocycles. The van der Waals surface area contributed by atoms with E-state index in [9.17, 15) is 0 Å². The Balaban J connectivity index is 2.43. The lowest BCUT2D eigenvalue weighted by Gasteiger charge is -2.06. The molecule has 0 radical (unpaired) electrons. The fourth-order valence-corrected chi connectivity index (χ4v) is 4.23. The third-order valence-electron chi connectivity index (χ3n) is 4.05. The molecule has 0 unspecified atom stereocenters. The van der Waals surface area contributed by atoms with Gasteiger partial charge in [0, 0.05) is 11.1 Å². The Labute approximate surface area is 151 Å². The average molecular weight is 365 g/mol. The molecule has 0 aliphatic rings. The third-order valence-corrected chi connectivity index (χ3v) is 5.92. The van der Waals surface area contributed by atoms with Crippen LogP contribution in [0.3, 0.4) is 0 Å². The highest BCUT2D eigenvalue weighted by molar-refractivity contribution is 8.03. The number of fused-ring (bicyclic) bond motifs is 1. The highest BCUT2D eigenvalue weighted by Crippen LogP contribution is 2.37. The molecule has 0 bridgehead atoms. The number of aliphatic imine (C=N–C) groups is 1. The van der Waals surface area contributed by atoms with E-state index in [2.05, 4.69) is 30.7 Å². The Bertz CT molecular complexity index is 809. The first-order chi connectivity index (χ1) is 11.4. The summed E-state index contributed by atoms with van der Waals surface area (Å²) in [5, 5.41) is 1.04. The highest BCUT2D eigenvalue weighted by Gasteiger charge is 2.16. The fraction of sp³-hybridized carbons (Fsp3) is 0.412. The van der Waals surface area contributed by atoms with Gasteiger partial charge in [0.25, 0.3) is 0 Å². The molecule has 5 nitrogen and oxygen atoms in total. The molecule has 0 aromatic carbocycles. The van der Waals surface area contributed by atoms with Crippen LogP contribution in [0.1, 0.15) is 35.0 Å². The Morgan fingerprint density at radius 1 is 1.33 bits per heavy atom. The summed E-state index contributed by atoms with van der Waals surface area (Å²) in [5.41, 5.74) is 10.5. The van der Waals surface area contributed by atoms with Crippen LogP contribution in [0.25, 0.3) is 10.2 Å². The standard InChI is InChI=1S/C17H24N4OS2/c1-6-7-12(23-5)16(22-19)20-8-13-15(18)14-10(3)9(2)11(4)21-17(14)24-13/h7H,6,8,18-19H2,1-5H3/b12-7-,20-16?. The lowest BCUT2D eigenvalue weighted by Crippen LogP contribution is -2.12. The second kappa shape index (κ2) is 8.00. The van der Waals surface area contributed by atoms with Crippen molar-refractivity contribution in [3.8, 4) is 0 Å². The summed E-state index contributed by atoms with van der Waals surface area (Å²) in [6.45, 7) is 8.68. The molecule has 24 heavy (non-hydrogen) atoms. The number of thioether (sulfide) groups is 1. The number of nitrogens with zero attached hydrogens (tertiary/aromatic N) is 2. The van der Waals surface area contributed by atoms with E-state index in [-0.39, 0.29) is 0 Å². The van der Waals surface area contributed by atoms with Gasteiger partial charge < -0.3 is 10.6 Å². The fourth-order valence-electron chi connectivity index (χ4n) is 2.49. The van der Waals surface area contributed by atoms with Crippen LogP contribution in [0, 0.1) is 20.8 Å². The van der Waals surface area contributed by atoms with Crippen LogP contribution in [-0.4, -0.2) is 17.1 Å². The molecule has 0 amide bonds. The molecular weight excluding hydrogens is 340 g/mol. The molecule has 0 atom stereocenters. The SMILES string of the molecule is CC/C=C(\SC)C(=NCc1sc2nc(C)c(C)c(C)c2c1N)ON. The normalized spacial score (nSPS) is 12.9. The van der Waals surface area contributed by atoms with E-state index in [1.54, 1.807) is 23.1 Å². The van der Waals surface area contributed by atoms with Gasteiger partial charge in [0.2, 0.25) is 5.90 Å². The number of aryl methyl sites for hydroxylation is 2. The van der Waals surface area contributed by atoms with Crippen molar-refractivity contribution in [2.24, 2.45) is 10.9 Å². The predicted molar refractivity (Wildman–Crippen MR) is 107 cm³/mol. The third kappa shape index (κ3) is 3.58. The number of thiophene rings is 1. The molecule has 130 valence electrons. The van der Waals surface area contributed by atoms with Gasteiger partial charge in [0.1, 0.15) is 4.83 Å². The van der Waals surface area contributed by atoms with Crippen molar-refractivity contribution in [2.75, 3.05) is 12.0 Å². The summed E-state index contributed by atoms with van der Waals surface area (Å²) >= 11 is 3.14. The molecule has 2 heterocycles. The van der Waals surface area contributed by atoms with E-state index in [1.165, 1.54) is 11.1 Å². The molecule has 0 aliphatic heterocycles. The summed E-state index contributed by atoms with van der Waals surface area (Å²) in [7, 11) is 0. The predicted octanol–water partition coefficient (Wildman–Crippen LogP) is 4.25. The Kier molecular flexibility index (Phi) is 6.26. The van der Waals surface area contributed by atoms with Gasteiger partial charge in [-0.2, -0.15) is 5.90 Å². The average Bonchev–Trinajstić information content (AvgIpc) is 2.88. The van der Waals surface area contributed by atoms with E-state index in [0.717, 1.165) is 37.8 Å². The lowest BCUT2D eigenvalue weighted by atomic mass is 10.1. The topological polar surface area (TPSA) is 86.5 Å². The second-order valence-corrected chi connectivity index (χ2v) is 7.42. The van der Waals surface area contributed by atoms with E-state index >= 15 is 0 Å². The highest BCUT2D eigenvalue weighted by atomic mass is 32.2. The number of aromatic nitrogens is 1. The van der Waals surface area contributed by atoms with E-state index in [1.807, 2.05) is 19.3 Å². The smallest absolute Gasteiger partial charge is 0.246 e. The van der Waals surface area contributed by atoms with Gasteiger partial charge in [0.05, 0.1) is 22.0 Å². The van der Waals surface area contributed by atoms with Crippen LogP contribution in [0.4, 0.5) is 5.69 Å². The minimum atomic E-state index is 0.429. The van der Waals surface area contributed by atoms with Crippen molar-refractivity contribution in [3.63, 3.8) is 0 Å². The van der Waals surface area contributed by atoms with Crippen molar-refractivity contribution in [2.45, 2.75) is 40.7 Å². The molecule has 0 saturated heterocycles. The molecule has 2 rings (SSSR count). The van der Waals surface area contributed by atoms with Crippen molar-refractivity contribution in [1.29, 1.82) is 0 Å². The molecular formula is C17H24N4OS2. The molecule has 7 heteroatoms. The largest absolute Gasteiger partial charge is 0.397 e. The number of nitrogen functional groups attached to an aromatic ring is 1. The van der Waals surface area contributed by atoms with Gasteiger partial charge in [-0.3, -0.25) is 0 Å². The van der Waals surface area contributed by atoms with Crippen LogP contribution < -0.4 is 11.6 Å².